The molecule has 0 radical (unpaired) electrons. The van der Waals surface area contributed by atoms with E-state index in [1.807, 2.05) is 33.8 Å². The summed E-state index contributed by atoms with van der Waals surface area (Å²) in [5.41, 5.74) is 1.79. The highest BCUT2D eigenvalue weighted by Gasteiger charge is 2.22. The average Bonchev–Trinajstić information content (AvgIpc) is 2.29. The van der Waals surface area contributed by atoms with Gasteiger partial charge in [-0.2, -0.15) is 0 Å². The van der Waals surface area contributed by atoms with Gasteiger partial charge >= 0.3 is 0 Å². The lowest BCUT2D eigenvalue weighted by Gasteiger charge is -2.24. The van der Waals surface area contributed by atoms with Gasteiger partial charge in [0, 0.05) is 0 Å². The minimum atomic E-state index is -0.257. The van der Waals surface area contributed by atoms with Crippen molar-refractivity contribution >= 4 is 13.4 Å². The zero-order chi connectivity index (χ0) is 12.4. The van der Waals surface area contributed by atoms with Gasteiger partial charge in [-0.05, 0) is 52.3 Å². The first-order chi connectivity index (χ1) is 7.33. The Bertz CT molecular complexity index is 368. The van der Waals surface area contributed by atoms with E-state index in [0.717, 1.165) is 11.1 Å². The summed E-state index contributed by atoms with van der Waals surface area (Å²) in [7, 11) is 0. The van der Waals surface area contributed by atoms with Crippen LogP contribution in [0.5, 0.6) is 0 Å². The van der Waals surface area contributed by atoms with Crippen molar-refractivity contribution in [1.82, 2.24) is 0 Å². The Hall–Kier alpha value is -1.44. The fourth-order valence-corrected chi connectivity index (χ4v) is 1.46. The molecule has 0 aliphatic rings. The molecule has 0 saturated carbocycles. The van der Waals surface area contributed by atoms with E-state index in [2.05, 4.69) is 41.6 Å². The lowest BCUT2D eigenvalue weighted by Crippen LogP contribution is -2.17. The van der Waals surface area contributed by atoms with E-state index < -0.39 is 0 Å². The van der Waals surface area contributed by atoms with Crippen LogP contribution in [0.2, 0.25) is 0 Å². The van der Waals surface area contributed by atoms with Gasteiger partial charge in [-0.1, -0.05) is 24.3 Å². The highest BCUT2D eigenvalue weighted by atomic mass is 14.8. The predicted molar refractivity (Wildman–Crippen MR) is 71.6 cm³/mol. The van der Waals surface area contributed by atoms with Gasteiger partial charge in [0.15, 0.2) is 0 Å². The Morgan fingerprint density at radius 2 is 1.25 bits per heavy atom. The molecule has 2 heteroatoms. The van der Waals surface area contributed by atoms with Crippen molar-refractivity contribution in [3.8, 4) is 0 Å². The number of nitrogens with zero attached hydrogens (tertiary/aromatic N) is 2. The van der Waals surface area contributed by atoms with E-state index in [1.54, 1.807) is 0 Å². The third-order valence-electron chi connectivity index (χ3n) is 3.07. The van der Waals surface area contributed by atoms with Crippen LogP contribution >= 0.6 is 0 Å². The van der Waals surface area contributed by atoms with Crippen LogP contribution in [-0.2, 0) is 11.1 Å². The Balaban J connectivity index is 3.24. The molecule has 0 spiro atoms. The molecule has 2 nitrogen and oxygen atoms in total. The molecule has 1 aromatic rings. The molecule has 1 aromatic carbocycles. The molecule has 0 atom stereocenters. The number of rotatable bonds is 4. The SMILES string of the molecule is C=NC(C)(C)c1cccc(C(C)(C)N=C)c1. The molecule has 0 aliphatic heterocycles. The fourth-order valence-electron chi connectivity index (χ4n) is 1.46. The van der Waals surface area contributed by atoms with Gasteiger partial charge < -0.3 is 0 Å². The van der Waals surface area contributed by atoms with Gasteiger partial charge in [0.25, 0.3) is 0 Å². The molecular formula is C14H20N2. The number of aliphatic imine (C=N–C) groups is 2. The lowest BCUT2D eigenvalue weighted by atomic mass is 9.88. The summed E-state index contributed by atoms with van der Waals surface area (Å²) in [6, 6.07) is 8.29. The first kappa shape index (κ1) is 12.6. The summed E-state index contributed by atoms with van der Waals surface area (Å²) in [6.07, 6.45) is 0. The summed E-state index contributed by atoms with van der Waals surface area (Å²) in [5.74, 6) is 0. The van der Waals surface area contributed by atoms with Gasteiger partial charge in [-0.25, -0.2) is 0 Å². The van der Waals surface area contributed by atoms with Crippen molar-refractivity contribution < 1.29 is 0 Å². The van der Waals surface area contributed by atoms with Crippen LogP contribution in [0.1, 0.15) is 38.8 Å². The quantitative estimate of drug-likeness (QED) is 0.688. The molecule has 1 rings (SSSR count). The van der Waals surface area contributed by atoms with Gasteiger partial charge in [-0.15, -0.1) is 0 Å². The third kappa shape index (κ3) is 2.38. The molecule has 16 heavy (non-hydrogen) atoms. The molecule has 0 aromatic heterocycles. The summed E-state index contributed by atoms with van der Waals surface area (Å²) >= 11 is 0. The van der Waals surface area contributed by atoms with Gasteiger partial charge in [-0.3, -0.25) is 9.98 Å². The second-order valence-corrected chi connectivity index (χ2v) is 5.02. The number of hydrogen-bond donors (Lipinski definition) is 0. The molecule has 0 amide bonds. The zero-order valence-electron chi connectivity index (χ0n) is 10.6. The summed E-state index contributed by atoms with van der Waals surface area (Å²) in [6.45, 7) is 15.5. The molecule has 0 unspecified atom stereocenters. The Morgan fingerprint density at radius 1 is 0.875 bits per heavy atom. The van der Waals surface area contributed by atoms with Crippen LogP contribution in [0, 0.1) is 0 Å². The van der Waals surface area contributed by atoms with Gasteiger partial charge in [0.2, 0.25) is 0 Å². The van der Waals surface area contributed by atoms with Crippen LogP contribution in [0.4, 0.5) is 0 Å². The molecule has 0 N–H and O–H groups in total. The molecule has 0 heterocycles. The zero-order valence-corrected chi connectivity index (χ0v) is 10.6. The van der Waals surface area contributed by atoms with Gasteiger partial charge in [0.05, 0.1) is 11.1 Å². The lowest BCUT2D eigenvalue weighted by molar-refractivity contribution is 0.542. The van der Waals surface area contributed by atoms with Crippen LogP contribution in [0.25, 0.3) is 0 Å². The van der Waals surface area contributed by atoms with Crippen LogP contribution in [-0.4, -0.2) is 13.4 Å². The topological polar surface area (TPSA) is 24.7 Å². The van der Waals surface area contributed by atoms with E-state index in [9.17, 15) is 0 Å². The predicted octanol–water partition coefficient (Wildman–Crippen LogP) is 3.56. The van der Waals surface area contributed by atoms with Crippen molar-refractivity contribution in [2.75, 3.05) is 0 Å². The second-order valence-electron chi connectivity index (χ2n) is 5.02. The smallest absolute Gasteiger partial charge is 0.0793 e. The Kier molecular flexibility index (Phi) is 3.32. The number of hydrogen-bond acceptors (Lipinski definition) is 2. The highest BCUT2D eigenvalue weighted by molar-refractivity contribution is 5.37. The third-order valence-corrected chi connectivity index (χ3v) is 3.07. The first-order valence-electron chi connectivity index (χ1n) is 5.40. The van der Waals surface area contributed by atoms with Crippen LogP contribution < -0.4 is 0 Å². The van der Waals surface area contributed by atoms with Crippen LogP contribution in [0.3, 0.4) is 0 Å². The van der Waals surface area contributed by atoms with Gasteiger partial charge in [0.1, 0.15) is 0 Å². The molecule has 0 bridgehead atoms. The van der Waals surface area contributed by atoms with Crippen molar-refractivity contribution in [3.05, 3.63) is 35.4 Å². The molecule has 0 saturated heterocycles. The first-order valence-corrected chi connectivity index (χ1v) is 5.40. The van der Waals surface area contributed by atoms with Crippen molar-refractivity contribution in [2.24, 2.45) is 9.98 Å². The number of benzene rings is 1. The Labute approximate surface area is 98.1 Å². The van der Waals surface area contributed by atoms with Crippen molar-refractivity contribution in [2.45, 2.75) is 38.8 Å². The molecular weight excluding hydrogens is 196 g/mol. The second kappa shape index (κ2) is 4.20. The molecule has 0 aliphatic carbocycles. The normalized spacial score (nSPS) is 12.2. The van der Waals surface area contributed by atoms with Crippen molar-refractivity contribution in [3.63, 3.8) is 0 Å². The minimum Gasteiger partial charge on any atom is -0.290 e. The maximum absolute atomic E-state index is 4.14. The minimum absolute atomic E-state index is 0.257. The fraction of sp³-hybridized carbons (Fsp3) is 0.429. The van der Waals surface area contributed by atoms with E-state index in [4.69, 9.17) is 0 Å². The van der Waals surface area contributed by atoms with E-state index in [0.29, 0.717) is 0 Å². The summed E-state index contributed by atoms with van der Waals surface area (Å²) < 4.78 is 0. The standard InChI is InChI=1S/C14H20N2/c1-13(2,15-5)11-8-7-9-12(10-11)14(3,4)16-6/h7-10H,5-6H2,1-4H3. The molecule has 86 valence electrons. The summed E-state index contributed by atoms with van der Waals surface area (Å²) in [5, 5.41) is 0. The largest absolute Gasteiger partial charge is 0.290 e. The van der Waals surface area contributed by atoms with E-state index >= 15 is 0 Å². The maximum atomic E-state index is 4.14. The van der Waals surface area contributed by atoms with E-state index in [-0.39, 0.29) is 11.1 Å². The van der Waals surface area contributed by atoms with Crippen LogP contribution in [0.15, 0.2) is 34.3 Å². The Morgan fingerprint density at radius 3 is 1.56 bits per heavy atom. The molecule has 0 fully saturated rings. The monoisotopic (exact) mass is 216 g/mol. The average molecular weight is 216 g/mol. The van der Waals surface area contributed by atoms with E-state index in [1.165, 1.54) is 0 Å². The maximum Gasteiger partial charge on any atom is 0.0793 e. The highest BCUT2D eigenvalue weighted by Crippen LogP contribution is 2.30. The van der Waals surface area contributed by atoms with Crippen molar-refractivity contribution in [1.29, 1.82) is 0 Å². The summed E-state index contributed by atoms with van der Waals surface area (Å²) in [4.78, 5) is 8.29.